The van der Waals surface area contributed by atoms with Gasteiger partial charge in [0.05, 0.1) is 17.0 Å². The number of carbonyl (C=O) groups is 1. The number of benzene rings is 1. The van der Waals surface area contributed by atoms with E-state index in [4.69, 9.17) is 11.5 Å². The molecule has 2 aliphatic heterocycles. The molecular weight excluding hydrogens is 408 g/mol. The molecule has 1 unspecified atom stereocenters. The maximum Gasteiger partial charge on any atom is 0.251 e. The molecule has 4 rings (SSSR count). The zero-order valence-corrected chi connectivity index (χ0v) is 20.8. The van der Waals surface area contributed by atoms with Crippen LogP contribution in [0, 0.1) is 18.3 Å². The molecule has 178 valence electrons. The lowest BCUT2D eigenvalue weighted by Crippen LogP contribution is -2.47. The highest BCUT2D eigenvalue weighted by Gasteiger charge is 2.42. The van der Waals surface area contributed by atoms with E-state index in [1.807, 2.05) is 0 Å². The molecule has 0 bridgehead atoms. The molecule has 2 fully saturated rings. The fraction of sp³-hybridized carbons (Fsp3) is 0.536. The second kappa shape index (κ2) is 9.38. The monoisotopic (exact) mass is 448 g/mol. The number of aryl methyl sites for hydroxylation is 1. The molecule has 1 atom stereocenters. The number of rotatable bonds is 6. The van der Waals surface area contributed by atoms with Gasteiger partial charge in [0.25, 0.3) is 5.91 Å². The van der Waals surface area contributed by atoms with Crippen molar-refractivity contribution in [2.75, 3.05) is 24.5 Å². The molecule has 0 radical (unpaired) electrons. The summed E-state index contributed by atoms with van der Waals surface area (Å²) in [5.74, 6) is 1.45. The van der Waals surface area contributed by atoms with Gasteiger partial charge in [0, 0.05) is 13.1 Å². The number of piperidine rings is 1. The van der Waals surface area contributed by atoms with Crippen LogP contribution in [0.2, 0.25) is 0 Å². The summed E-state index contributed by atoms with van der Waals surface area (Å²) in [7, 11) is 0. The van der Waals surface area contributed by atoms with Crippen molar-refractivity contribution in [3.63, 3.8) is 0 Å². The van der Waals surface area contributed by atoms with E-state index in [9.17, 15) is 4.79 Å². The van der Waals surface area contributed by atoms with Crippen molar-refractivity contribution in [2.24, 2.45) is 22.8 Å². The van der Waals surface area contributed by atoms with Crippen LogP contribution in [-0.2, 0) is 4.79 Å². The first-order valence-corrected chi connectivity index (χ1v) is 12.6. The van der Waals surface area contributed by atoms with Gasteiger partial charge in [0.2, 0.25) is 0 Å². The van der Waals surface area contributed by atoms with E-state index in [1.165, 1.54) is 22.5 Å². The number of likely N-dealkylation sites (tertiary alicyclic amines) is 1. The van der Waals surface area contributed by atoms with Crippen molar-refractivity contribution in [1.29, 1.82) is 0 Å². The van der Waals surface area contributed by atoms with E-state index in [2.05, 4.69) is 67.8 Å². The first-order chi connectivity index (χ1) is 15.8. The van der Waals surface area contributed by atoms with Crippen molar-refractivity contribution in [2.45, 2.75) is 66.2 Å². The maximum absolute atomic E-state index is 12.9. The second-order valence-corrected chi connectivity index (χ2v) is 10.5. The highest BCUT2D eigenvalue weighted by Crippen LogP contribution is 2.49. The summed E-state index contributed by atoms with van der Waals surface area (Å²) >= 11 is 0. The number of carbonyl (C=O) groups excluding carboxylic acids is 1. The average molecular weight is 449 g/mol. The highest BCUT2D eigenvalue weighted by molar-refractivity contribution is 6.01. The van der Waals surface area contributed by atoms with E-state index >= 15 is 0 Å². The normalized spacial score (nSPS) is 24.0. The van der Waals surface area contributed by atoms with Crippen molar-refractivity contribution < 1.29 is 4.79 Å². The minimum absolute atomic E-state index is 0.199. The van der Waals surface area contributed by atoms with Gasteiger partial charge in [0.1, 0.15) is 5.82 Å². The van der Waals surface area contributed by atoms with Crippen LogP contribution >= 0.6 is 0 Å². The SMILES string of the molecule is CCC/C=C1\C(C(N)=O)=C2CC(C)CC2=C(N2CCC(C)(CN)CC2)N1c1ccccc1C. The van der Waals surface area contributed by atoms with E-state index in [0.717, 1.165) is 75.1 Å². The molecule has 1 saturated carbocycles. The van der Waals surface area contributed by atoms with Crippen molar-refractivity contribution in [3.05, 3.63) is 64.1 Å². The Morgan fingerprint density at radius 1 is 1.18 bits per heavy atom. The Bertz CT molecular complexity index is 1010. The number of allylic oxidation sites excluding steroid dienone is 3. The number of primary amides is 1. The van der Waals surface area contributed by atoms with Gasteiger partial charge in [-0.1, -0.05) is 51.5 Å². The summed E-state index contributed by atoms with van der Waals surface area (Å²) in [5.41, 5.74) is 18.9. The van der Waals surface area contributed by atoms with Gasteiger partial charge in [0.15, 0.2) is 0 Å². The largest absolute Gasteiger partial charge is 0.366 e. The van der Waals surface area contributed by atoms with Gasteiger partial charge in [-0.3, -0.25) is 9.69 Å². The third-order valence-corrected chi connectivity index (χ3v) is 7.74. The smallest absolute Gasteiger partial charge is 0.251 e. The minimum Gasteiger partial charge on any atom is -0.366 e. The maximum atomic E-state index is 12.9. The second-order valence-electron chi connectivity index (χ2n) is 10.5. The number of unbranched alkanes of at least 4 members (excludes halogenated alkanes) is 1. The third kappa shape index (κ3) is 4.35. The summed E-state index contributed by atoms with van der Waals surface area (Å²) in [4.78, 5) is 17.8. The summed E-state index contributed by atoms with van der Waals surface area (Å²) in [5, 5.41) is 0. The highest BCUT2D eigenvalue weighted by atomic mass is 16.1. The Morgan fingerprint density at radius 2 is 1.85 bits per heavy atom. The molecule has 5 heteroatoms. The Hall–Kier alpha value is -2.53. The van der Waals surface area contributed by atoms with Crippen LogP contribution in [0.3, 0.4) is 0 Å². The lowest BCUT2D eigenvalue weighted by atomic mass is 9.80. The first kappa shape index (κ1) is 23.6. The molecule has 0 aromatic heterocycles. The number of hydrogen-bond acceptors (Lipinski definition) is 4. The van der Waals surface area contributed by atoms with Crippen LogP contribution in [0.25, 0.3) is 0 Å². The lowest BCUT2D eigenvalue weighted by molar-refractivity contribution is -0.114. The van der Waals surface area contributed by atoms with Crippen LogP contribution in [0.4, 0.5) is 5.69 Å². The summed E-state index contributed by atoms with van der Waals surface area (Å²) in [6, 6.07) is 8.49. The van der Waals surface area contributed by atoms with Crippen molar-refractivity contribution in [1.82, 2.24) is 4.90 Å². The Labute approximate surface area is 199 Å². The Morgan fingerprint density at radius 3 is 2.45 bits per heavy atom. The van der Waals surface area contributed by atoms with Gasteiger partial charge in [-0.25, -0.2) is 0 Å². The first-order valence-electron chi connectivity index (χ1n) is 12.6. The summed E-state index contributed by atoms with van der Waals surface area (Å²) < 4.78 is 0. The van der Waals surface area contributed by atoms with Crippen LogP contribution in [-0.4, -0.2) is 30.4 Å². The lowest BCUT2D eigenvalue weighted by Gasteiger charge is -2.47. The van der Waals surface area contributed by atoms with Crippen LogP contribution < -0.4 is 16.4 Å². The molecule has 5 nitrogen and oxygen atoms in total. The molecular formula is C28H40N4O. The third-order valence-electron chi connectivity index (χ3n) is 7.74. The molecule has 1 saturated heterocycles. The standard InChI is InChI=1S/C28H40N4O/c1-5-6-10-24-25(26(30)33)21-16-19(2)17-22(21)27(31-14-12-28(4,18-29)13-15-31)32(24)23-11-8-7-9-20(23)3/h7-11,19H,5-6,12-18,29H2,1-4H3,(H2,30,33)/b24-10+. The molecule has 1 aromatic rings. The van der Waals surface area contributed by atoms with Gasteiger partial charge in [-0.05, 0) is 79.7 Å². The number of amides is 1. The van der Waals surface area contributed by atoms with Crippen LogP contribution in [0.1, 0.15) is 64.9 Å². The van der Waals surface area contributed by atoms with Crippen LogP contribution in [0.5, 0.6) is 0 Å². The number of anilines is 1. The number of fused-ring (bicyclic) bond motifs is 1. The number of nitrogens with zero attached hydrogens (tertiary/aromatic N) is 2. The Kier molecular flexibility index (Phi) is 6.71. The molecule has 3 aliphatic rings. The molecule has 1 amide bonds. The Balaban J connectivity index is 1.94. The zero-order chi connectivity index (χ0) is 23.8. The summed E-state index contributed by atoms with van der Waals surface area (Å²) in [6.45, 7) is 11.6. The molecule has 0 spiro atoms. The van der Waals surface area contributed by atoms with E-state index in [1.54, 1.807) is 0 Å². The van der Waals surface area contributed by atoms with Gasteiger partial charge < -0.3 is 16.4 Å². The van der Waals surface area contributed by atoms with E-state index in [-0.39, 0.29) is 11.3 Å². The molecule has 1 aromatic carbocycles. The minimum atomic E-state index is -0.314. The number of nitrogens with two attached hydrogens (primary N) is 2. The average Bonchev–Trinajstić information content (AvgIpc) is 3.18. The zero-order valence-electron chi connectivity index (χ0n) is 20.8. The van der Waals surface area contributed by atoms with Crippen LogP contribution in [0.15, 0.2) is 58.6 Å². The van der Waals surface area contributed by atoms with Crippen molar-refractivity contribution in [3.8, 4) is 0 Å². The predicted octanol–water partition coefficient (Wildman–Crippen LogP) is 4.98. The van der Waals surface area contributed by atoms with E-state index < -0.39 is 0 Å². The van der Waals surface area contributed by atoms with Gasteiger partial charge >= 0.3 is 0 Å². The fourth-order valence-corrected chi connectivity index (χ4v) is 5.61. The quantitative estimate of drug-likeness (QED) is 0.643. The van der Waals surface area contributed by atoms with E-state index in [0.29, 0.717) is 5.92 Å². The number of hydrogen-bond donors (Lipinski definition) is 2. The van der Waals surface area contributed by atoms with Gasteiger partial charge in [-0.2, -0.15) is 0 Å². The molecule has 4 N–H and O–H groups in total. The molecule has 2 heterocycles. The predicted molar refractivity (Wildman–Crippen MR) is 136 cm³/mol. The molecule has 1 aliphatic carbocycles. The van der Waals surface area contributed by atoms with Crippen molar-refractivity contribution >= 4 is 11.6 Å². The van der Waals surface area contributed by atoms with Gasteiger partial charge in [-0.15, -0.1) is 0 Å². The number of para-hydroxylation sites is 1. The molecule has 33 heavy (non-hydrogen) atoms. The summed E-state index contributed by atoms with van der Waals surface area (Å²) in [6.07, 6.45) is 8.21. The fourth-order valence-electron chi connectivity index (χ4n) is 5.61. The topological polar surface area (TPSA) is 75.6 Å².